The highest BCUT2D eigenvalue weighted by atomic mass is 31.2. The average Bonchev–Trinajstić information content (AvgIpc) is 1.18. The van der Waals surface area contributed by atoms with Crippen LogP contribution in [0.1, 0.15) is 641 Å². The van der Waals surface area contributed by atoms with Gasteiger partial charge in [-0.1, -0.05) is 552 Å². The molecule has 2 rings (SSSR count). The molecule has 5 unspecified atom stereocenters. The predicted octanol–water partition coefficient (Wildman–Crippen LogP) is 39.9. The van der Waals surface area contributed by atoms with Crippen molar-refractivity contribution < 1.29 is 58.0 Å². The standard InChI is InChI=1S/C127H235O12P/c1-12-14-16-18-20-22-24-26-28-30-31-32-33-34-37-41-48-54-60-66-72-78-102-119(126(133)136-108-122-123(130)124(131)125(132)127(138-122)139-140(134,135)137-106-105-115(10)98-86-97-114(9)96-85-95-113(8)94-84-93-112(7)92-83-91-111(6)90-82-89-110(5)88-81-87-109(3)4)121(129)104-80-74-68-62-56-50-42-38-35-36-40-46-52-58-64-70-76-100-117-107-118(117)101-77-71-65-59-53-47-43-44-49-55-61-67-73-79-103-120(128)116(11)99-75-69-63-57-51-45-39-29-27-25-23-21-19-17-15-13-2/h87,89,91,93,95,97,105,116-119,121-125,127,129-132H,12-86,88,90,92,94,96,98-104,106-108H2,1-11H3,(H,134,135)/b110-89+,111-91+,112-93+,113-95+,114-97+,115-105+/t116?,117?,118?,119?,121-,122-,123-,124+,125+,127-/m1/s1. The van der Waals surface area contributed by atoms with Gasteiger partial charge >= 0.3 is 13.8 Å². The summed E-state index contributed by atoms with van der Waals surface area (Å²) in [5.41, 5.74) is 9.51. The highest BCUT2D eigenvalue weighted by Gasteiger charge is 2.48. The molecule has 2 fully saturated rings. The number of phosphoric acid groups is 1. The fourth-order valence-corrected chi connectivity index (χ4v) is 21.8. The zero-order chi connectivity index (χ0) is 102. The number of Topliss-reactive ketones (excluding diaryl/α,β-unsaturated/α-hetero) is 1. The summed E-state index contributed by atoms with van der Waals surface area (Å²) in [5, 5.41) is 44.6. The van der Waals surface area contributed by atoms with E-state index >= 15 is 0 Å². The van der Waals surface area contributed by atoms with Crippen LogP contribution in [-0.2, 0) is 32.7 Å². The molecular formula is C127H235O12P. The summed E-state index contributed by atoms with van der Waals surface area (Å²) >= 11 is 0. The van der Waals surface area contributed by atoms with Crippen molar-refractivity contribution in [3.8, 4) is 0 Å². The Morgan fingerprint density at radius 1 is 0.329 bits per heavy atom. The van der Waals surface area contributed by atoms with E-state index in [0.717, 1.165) is 159 Å². The van der Waals surface area contributed by atoms with Gasteiger partial charge in [0.15, 0.2) is 6.29 Å². The molecule has 13 heteroatoms. The van der Waals surface area contributed by atoms with Crippen LogP contribution in [-0.4, -0.2) is 87.1 Å². The fraction of sp³-hybridized carbons (Fsp3) is 0.874. The first-order valence-electron chi connectivity index (χ1n) is 61.4. The van der Waals surface area contributed by atoms with Gasteiger partial charge in [0.1, 0.15) is 36.8 Å². The third-order valence-electron chi connectivity index (χ3n) is 31.3. The number of esters is 1. The second kappa shape index (κ2) is 95.8. The number of ether oxygens (including phenoxy) is 2. The van der Waals surface area contributed by atoms with Crippen molar-refractivity contribution in [3.63, 3.8) is 0 Å². The molecule has 140 heavy (non-hydrogen) atoms. The third kappa shape index (κ3) is 83.1. The van der Waals surface area contributed by atoms with Crippen LogP contribution in [0.2, 0.25) is 0 Å². The van der Waals surface area contributed by atoms with Crippen LogP contribution in [0.3, 0.4) is 0 Å². The summed E-state index contributed by atoms with van der Waals surface area (Å²) < 4.78 is 35.5. The number of allylic oxidation sites excluding steroid dienone is 13. The van der Waals surface area contributed by atoms with Gasteiger partial charge in [-0.2, -0.15) is 0 Å². The molecule has 12 nitrogen and oxygen atoms in total. The van der Waals surface area contributed by atoms with Gasteiger partial charge in [-0.15, -0.1) is 0 Å². The van der Waals surface area contributed by atoms with Crippen molar-refractivity contribution in [2.24, 2.45) is 23.7 Å². The highest BCUT2D eigenvalue weighted by Crippen LogP contribution is 2.48. The number of phosphoric ester groups is 1. The maximum Gasteiger partial charge on any atom is 0.474 e. The minimum Gasteiger partial charge on any atom is -0.463 e. The molecule has 1 heterocycles. The molecule has 0 spiro atoms. The first-order valence-corrected chi connectivity index (χ1v) is 62.9. The minimum absolute atomic E-state index is 0.246. The monoisotopic (exact) mass is 1980 g/mol. The number of aliphatic hydroxyl groups excluding tert-OH is 4. The van der Waals surface area contributed by atoms with E-state index in [0.29, 0.717) is 18.6 Å². The first-order chi connectivity index (χ1) is 68.1. The number of hydrogen-bond acceptors (Lipinski definition) is 11. The van der Waals surface area contributed by atoms with E-state index in [-0.39, 0.29) is 12.5 Å². The van der Waals surface area contributed by atoms with E-state index in [4.69, 9.17) is 18.5 Å². The lowest BCUT2D eigenvalue weighted by Gasteiger charge is -2.40. The van der Waals surface area contributed by atoms with Gasteiger partial charge in [0, 0.05) is 12.3 Å². The second-order valence-corrected chi connectivity index (χ2v) is 46.9. The summed E-state index contributed by atoms with van der Waals surface area (Å²) in [6, 6.07) is 0. The van der Waals surface area contributed by atoms with Crippen LogP contribution in [0.5, 0.6) is 0 Å². The van der Waals surface area contributed by atoms with Crippen LogP contribution >= 0.6 is 7.82 Å². The Kier molecular flexibility index (Phi) is 91.2. The van der Waals surface area contributed by atoms with Crippen molar-refractivity contribution in [3.05, 3.63) is 81.5 Å². The van der Waals surface area contributed by atoms with E-state index in [1.54, 1.807) is 6.08 Å². The summed E-state index contributed by atoms with van der Waals surface area (Å²) in [4.78, 5) is 37.6. The molecular weight excluding hydrogens is 1750 g/mol. The van der Waals surface area contributed by atoms with E-state index in [1.165, 1.54) is 444 Å². The van der Waals surface area contributed by atoms with Crippen LogP contribution in [0, 0.1) is 23.7 Å². The number of ketones is 1. The molecule has 11 atom stereocenters. The fourth-order valence-electron chi connectivity index (χ4n) is 21.1. The molecule has 0 aromatic carbocycles. The molecule has 0 radical (unpaired) electrons. The molecule has 0 aromatic heterocycles. The molecule has 1 aliphatic heterocycles. The Morgan fingerprint density at radius 2 is 0.593 bits per heavy atom. The Balaban J connectivity index is 1.61. The number of unbranched alkanes of at least 4 members (excludes halogenated alkanes) is 65. The maximum atomic E-state index is 14.1. The van der Waals surface area contributed by atoms with Gasteiger partial charge in [-0.05, 0) is 176 Å². The summed E-state index contributed by atoms with van der Waals surface area (Å²) in [7, 11) is -4.87. The zero-order valence-electron chi connectivity index (χ0n) is 94.5. The van der Waals surface area contributed by atoms with Crippen LogP contribution in [0.15, 0.2) is 81.5 Å². The van der Waals surface area contributed by atoms with E-state index in [9.17, 15) is 39.5 Å². The van der Waals surface area contributed by atoms with Gasteiger partial charge in [0.25, 0.3) is 0 Å². The van der Waals surface area contributed by atoms with Crippen molar-refractivity contribution in [1.29, 1.82) is 0 Å². The summed E-state index contributed by atoms with van der Waals surface area (Å²) in [5.74, 6) is 1.48. The van der Waals surface area contributed by atoms with Crippen LogP contribution < -0.4 is 0 Å². The molecule has 1 saturated heterocycles. The Labute approximate surface area is 868 Å². The average molecular weight is 1990 g/mol. The predicted molar refractivity (Wildman–Crippen MR) is 605 cm³/mol. The van der Waals surface area contributed by atoms with Gasteiger partial charge in [0.2, 0.25) is 0 Å². The van der Waals surface area contributed by atoms with E-state index in [2.05, 4.69) is 106 Å². The van der Waals surface area contributed by atoms with Gasteiger partial charge < -0.3 is 34.8 Å². The first kappa shape index (κ1) is 133. The van der Waals surface area contributed by atoms with Gasteiger partial charge in [-0.3, -0.25) is 18.6 Å². The number of carbonyl (C=O) groups excluding carboxylic acids is 2. The van der Waals surface area contributed by atoms with E-state index in [1.807, 2.05) is 6.92 Å². The topological polar surface area (TPSA) is 189 Å². The molecule has 0 bridgehead atoms. The minimum atomic E-state index is -4.87. The van der Waals surface area contributed by atoms with Crippen molar-refractivity contribution >= 4 is 19.6 Å². The quantitative estimate of drug-likeness (QED) is 0.0168. The van der Waals surface area contributed by atoms with Crippen molar-refractivity contribution in [2.45, 2.75) is 678 Å². The normalized spacial score (nSPS) is 18.5. The lowest BCUT2D eigenvalue weighted by Crippen LogP contribution is -2.59. The second-order valence-electron chi connectivity index (χ2n) is 45.5. The lowest BCUT2D eigenvalue weighted by molar-refractivity contribution is -0.282. The van der Waals surface area contributed by atoms with E-state index < -0.39 is 63.1 Å². The number of rotatable bonds is 105. The summed E-state index contributed by atoms with van der Waals surface area (Å²) in [6.07, 6.45) is 118. The number of carbonyl (C=O) groups is 2. The number of aliphatic hydroxyl groups is 4. The summed E-state index contributed by atoms with van der Waals surface area (Å²) in [6.45, 7) is 23.4. The molecule has 0 amide bonds. The highest BCUT2D eigenvalue weighted by molar-refractivity contribution is 7.47. The maximum absolute atomic E-state index is 14.1. The van der Waals surface area contributed by atoms with Crippen LogP contribution in [0.25, 0.3) is 0 Å². The molecule has 2 aliphatic rings. The van der Waals surface area contributed by atoms with Gasteiger partial charge in [0.05, 0.1) is 18.6 Å². The lowest BCUT2D eigenvalue weighted by atomic mass is 9.91. The Morgan fingerprint density at radius 3 is 0.900 bits per heavy atom. The number of hydrogen-bond donors (Lipinski definition) is 5. The molecule has 820 valence electrons. The van der Waals surface area contributed by atoms with Crippen molar-refractivity contribution in [2.75, 3.05) is 13.2 Å². The van der Waals surface area contributed by atoms with Crippen molar-refractivity contribution in [1.82, 2.24) is 0 Å². The largest absolute Gasteiger partial charge is 0.474 e. The molecule has 5 N–H and O–H groups in total. The SMILES string of the molecule is CCCCCCCCCCCCCCCCCCCCCCCCC(C(=O)OC[C@H]1O[C@H](OP(=O)(O)OC/C=C(\C)CC/C=C(\C)CC/C=C(\C)CC/C=C(\C)CC/C=C(\C)CC/C=C(\C)CCC=C(C)C)[C@@H](O)[C@@H](O)[C@@H]1O)[C@H](O)CCCCCCCCCCCCCCCCCCCC1CC1CCCCCCCCCCCCCCCCC(=O)C(C)CCCCCCCCCCCCCCCCCC. The third-order valence-corrected chi connectivity index (χ3v) is 32.2. The Bertz CT molecular complexity index is 3100. The smallest absolute Gasteiger partial charge is 0.463 e. The molecule has 0 aromatic rings. The Hall–Kier alpha value is -2.77. The zero-order valence-corrected chi connectivity index (χ0v) is 95.4. The molecule has 1 aliphatic carbocycles. The molecule has 1 saturated carbocycles. The van der Waals surface area contributed by atoms with Crippen LogP contribution in [0.4, 0.5) is 0 Å². The van der Waals surface area contributed by atoms with Gasteiger partial charge in [-0.25, -0.2) is 4.57 Å².